The highest BCUT2D eigenvalue weighted by molar-refractivity contribution is 6.12. The van der Waals surface area contributed by atoms with Crippen LogP contribution in [0.5, 0.6) is 0 Å². The van der Waals surface area contributed by atoms with Crippen molar-refractivity contribution in [3.05, 3.63) is 99.4 Å². The Kier molecular flexibility index (Phi) is 5.40. The van der Waals surface area contributed by atoms with Gasteiger partial charge in [-0.15, -0.1) is 0 Å². The highest BCUT2D eigenvalue weighted by Crippen LogP contribution is 2.57. The van der Waals surface area contributed by atoms with Gasteiger partial charge >= 0.3 is 6.18 Å². The molecule has 2 aromatic carbocycles. The number of fused-ring (bicyclic) bond motifs is 2. The van der Waals surface area contributed by atoms with Crippen molar-refractivity contribution in [1.29, 1.82) is 0 Å². The molecular weight excluding hydrogens is 477 g/mol. The Hall–Kier alpha value is -4.12. The summed E-state index contributed by atoms with van der Waals surface area (Å²) in [4.78, 5) is 44.0. The largest absolute Gasteiger partial charge is 0.418 e. The monoisotopic (exact) mass is 496 g/mol. The summed E-state index contributed by atoms with van der Waals surface area (Å²) < 4.78 is 41.5. The number of likely N-dealkylation sites (tertiary alicyclic amines) is 1. The number of rotatable bonds is 4. The number of hydrogen-bond acceptors (Lipinski definition) is 6. The number of likely N-dealkylation sites (N-methyl/N-ethyl adjacent to an activating group) is 1. The van der Waals surface area contributed by atoms with Crippen molar-refractivity contribution in [1.82, 2.24) is 9.88 Å². The maximum absolute atomic E-state index is 14.0. The summed E-state index contributed by atoms with van der Waals surface area (Å²) >= 11 is 0. The van der Waals surface area contributed by atoms with E-state index in [-0.39, 0.29) is 29.0 Å². The average Bonchev–Trinajstić information content (AvgIpc) is 3.33. The lowest BCUT2D eigenvalue weighted by Gasteiger charge is -2.35. The van der Waals surface area contributed by atoms with E-state index in [4.69, 9.17) is 0 Å². The number of halogens is 3. The fourth-order valence-corrected chi connectivity index (χ4v) is 5.56. The lowest BCUT2D eigenvalue weighted by molar-refractivity contribution is -0.384. The number of pyridine rings is 1. The van der Waals surface area contributed by atoms with Crippen LogP contribution in [0.25, 0.3) is 0 Å². The molecule has 0 bridgehead atoms. The van der Waals surface area contributed by atoms with Gasteiger partial charge in [0.15, 0.2) is 5.78 Å². The summed E-state index contributed by atoms with van der Waals surface area (Å²) in [6.07, 6.45) is -1.93. The number of nitro groups is 1. The quantitative estimate of drug-likeness (QED) is 0.327. The predicted molar refractivity (Wildman–Crippen MR) is 122 cm³/mol. The molecule has 5 rings (SSSR count). The Balaban J connectivity index is 1.76. The van der Waals surface area contributed by atoms with Gasteiger partial charge in [0, 0.05) is 48.1 Å². The molecule has 2 aliphatic rings. The molecule has 36 heavy (non-hydrogen) atoms. The second-order valence-corrected chi connectivity index (χ2v) is 8.87. The summed E-state index contributed by atoms with van der Waals surface area (Å²) in [5.74, 6) is -3.16. The molecule has 1 saturated heterocycles. The Bertz CT molecular complexity index is 1400. The number of amides is 1. The number of para-hydroxylation sites is 1. The molecule has 0 saturated carbocycles. The Morgan fingerprint density at radius 1 is 1.19 bits per heavy atom. The van der Waals surface area contributed by atoms with E-state index < -0.39 is 45.7 Å². The minimum Gasteiger partial charge on any atom is -0.323 e. The Labute approximate surface area is 202 Å². The minimum atomic E-state index is -4.73. The summed E-state index contributed by atoms with van der Waals surface area (Å²) in [7, 11) is 1.57. The van der Waals surface area contributed by atoms with Crippen LogP contribution in [0.4, 0.5) is 24.5 Å². The number of carbonyl (C=O) groups is 2. The van der Waals surface area contributed by atoms with Crippen molar-refractivity contribution in [2.75, 3.05) is 18.9 Å². The lowest BCUT2D eigenvalue weighted by atomic mass is 9.70. The van der Waals surface area contributed by atoms with Crippen molar-refractivity contribution in [3.8, 4) is 0 Å². The van der Waals surface area contributed by atoms with Gasteiger partial charge in [-0.1, -0.05) is 24.3 Å². The summed E-state index contributed by atoms with van der Waals surface area (Å²) in [6, 6.07) is 12.3. The van der Waals surface area contributed by atoms with Gasteiger partial charge in [0.2, 0.25) is 5.91 Å². The summed E-state index contributed by atoms with van der Waals surface area (Å²) in [5, 5.41) is 13.8. The normalized spacial score (nSPS) is 23.5. The number of hydrogen-bond donors (Lipinski definition) is 1. The molecule has 8 nitrogen and oxygen atoms in total. The van der Waals surface area contributed by atoms with Crippen LogP contribution < -0.4 is 5.32 Å². The third-order valence-corrected chi connectivity index (χ3v) is 7.03. The van der Waals surface area contributed by atoms with Crippen LogP contribution in [-0.2, 0) is 16.5 Å². The second kappa shape index (κ2) is 8.23. The van der Waals surface area contributed by atoms with Gasteiger partial charge in [-0.05, 0) is 30.8 Å². The fraction of sp³-hybridized carbons (Fsp3) is 0.240. The predicted octanol–water partition coefficient (Wildman–Crippen LogP) is 4.38. The van der Waals surface area contributed by atoms with E-state index in [9.17, 15) is 32.9 Å². The molecule has 3 aromatic rings. The van der Waals surface area contributed by atoms with Crippen molar-refractivity contribution in [3.63, 3.8) is 0 Å². The van der Waals surface area contributed by atoms with Crippen LogP contribution in [0.2, 0.25) is 0 Å². The number of ketones is 1. The number of aromatic nitrogens is 1. The number of nitrogens with zero attached hydrogens (tertiary/aromatic N) is 3. The number of anilines is 1. The van der Waals surface area contributed by atoms with Gasteiger partial charge in [-0.2, -0.15) is 13.2 Å². The van der Waals surface area contributed by atoms with E-state index >= 15 is 0 Å². The minimum absolute atomic E-state index is 0.0417. The Morgan fingerprint density at radius 3 is 2.61 bits per heavy atom. The number of nitro benzene ring substituents is 1. The van der Waals surface area contributed by atoms with E-state index in [1.807, 2.05) is 0 Å². The zero-order valence-corrected chi connectivity index (χ0v) is 18.8. The standard InChI is InChI=1S/C25H19F3N4O4/c1-31-13-17(14-5-2-7-16(11-14)32(35)36)20(22(33)15-6-4-10-29-12-15)24(31)18-8-3-9-19(25(26,27)28)21(18)30-23(24)34/h2-12,17,20H,13H2,1H3,(H,30,34)/t17-,20-,24+/m1/s1. The number of nitrogens with one attached hydrogen (secondary N) is 1. The first-order valence-electron chi connectivity index (χ1n) is 11.0. The molecule has 0 unspecified atom stereocenters. The summed E-state index contributed by atoms with van der Waals surface area (Å²) in [5.41, 5.74) is -2.70. The van der Waals surface area contributed by atoms with E-state index in [0.29, 0.717) is 5.56 Å². The fourth-order valence-electron chi connectivity index (χ4n) is 5.56. The van der Waals surface area contributed by atoms with Crippen molar-refractivity contribution in [2.24, 2.45) is 5.92 Å². The van der Waals surface area contributed by atoms with E-state index in [1.54, 1.807) is 24.1 Å². The molecule has 0 radical (unpaired) electrons. The second-order valence-electron chi connectivity index (χ2n) is 8.87. The third kappa shape index (κ3) is 3.38. The van der Waals surface area contributed by atoms with Crippen LogP contribution >= 0.6 is 0 Å². The molecule has 3 heterocycles. The maximum atomic E-state index is 14.0. The lowest BCUT2D eigenvalue weighted by Crippen LogP contribution is -2.51. The van der Waals surface area contributed by atoms with E-state index in [0.717, 1.165) is 6.07 Å². The first-order chi connectivity index (χ1) is 17.1. The van der Waals surface area contributed by atoms with Gasteiger partial charge in [0.1, 0.15) is 5.54 Å². The Morgan fingerprint density at radius 2 is 1.94 bits per heavy atom. The van der Waals surface area contributed by atoms with Crippen LogP contribution in [0, 0.1) is 16.0 Å². The first-order valence-corrected chi connectivity index (χ1v) is 11.0. The molecule has 3 atom stereocenters. The van der Waals surface area contributed by atoms with Crippen molar-refractivity contribution >= 4 is 23.1 Å². The molecule has 0 aliphatic carbocycles. The summed E-state index contributed by atoms with van der Waals surface area (Å²) in [6.45, 7) is 0.0982. The molecule has 11 heteroatoms. The number of carbonyl (C=O) groups excluding carboxylic acids is 2. The van der Waals surface area contributed by atoms with Gasteiger partial charge in [0.05, 0.1) is 22.1 Å². The highest BCUT2D eigenvalue weighted by atomic mass is 19.4. The van der Waals surface area contributed by atoms with Gasteiger partial charge < -0.3 is 5.32 Å². The zero-order chi connectivity index (χ0) is 25.8. The van der Waals surface area contributed by atoms with Crippen molar-refractivity contribution in [2.45, 2.75) is 17.6 Å². The van der Waals surface area contributed by atoms with Crippen LogP contribution in [0.1, 0.15) is 33.0 Å². The molecule has 2 aliphatic heterocycles. The topological polar surface area (TPSA) is 105 Å². The van der Waals surface area contributed by atoms with Crippen LogP contribution in [-0.4, -0.2) is 40.1 Å². The van der Waals surface area contributed by atoms with Gasteiger partial charge in [0.25, 0.3) is 5.69 Å². The molecule has 1 amide bonds. The number of benzene rings is 2. The number of non-ortho nitro benzene ring substituents is 1. The molecule has 1 fully saturated rings. The SMILES string of the molecule is CN1C[C@H](c2cccc([N+](=O)[O-])c2)[C@H](C(=O)c2cccnc2)[C@@]12C(=O)Nc1c(C(F)(F)F)cccc12. The van der Waals surface area contributed by atoms with E-state index in [1.165, 1.54) is 48.8 Å². The number of alkyl halides is 3. The third-order valence-electron chi connectivity index (χ3n) is 7.03. The first kappa shape index (κ1) is 23.6. The van der Waals surface area contributed by atoms with Gasteiger partial charge in [-0.3, -0.25) is 29.6 Å². The van der Waals surface area contributed by atoms with Crippen LogP contribution in [0.3, 0.4) is 0 Å². The molecular formula is C25H19F3N4O4. The molecule has 1 spiro atoms. The zero-order valence-electron chi connectivity index (χ0n) is 18.8. The smallest absolute Gasteiger partial charge is 0.323 e. The van der Waals surface area contributed by atoms with Crippen molar-refractivity contribution < 1.29 is 27.7 Å². The molecule has 1 N–H and O–H groups in total. The van der Waals surface area contributed by atoms with E-state index in [2.05, 4.69) is 10.3 Å². The number of Topliss-reactive ketones (excluding diaryl/α,β-unsaturated/α-hetero) is 1. The molecule has 184 valence electrons. The average molecular weight is 496 g/mol. The highest BCUT2D eigenvalue weighted by Gasteiger charge is 2.65. The van der Waals surface area contributed by atoms with Crippen LogP contribution in [0.15, 0.2) is 67.0 Å². The maximum Gasteiger partial charge on any atom is 0.418 e. The van der Waals surface area contributed by atoms with Gasteiger partial charge in [-0.25, -0.2) is 0 Å². The molecule has 1 aromatic heterocycles.